The lowest BCUT2D eigenvalue weighted by Gasteiger charge is -2.35. The van der Waals surface area contributed by atoms with Gasteiger partial charge in [0.2, 0.25) is 0 Å². The molecule has 17 nitrogen and oxygen atoms in total. The third kappa shape index (κ3) is 10.7. The molecule has 0 unspecified atom stereocenters. The van der Waals surface area contributed by atoms with Crippen LogP contribution < -0.4 is 19.7 Å². The van der Waals surface area contributed by atoms with Gasteiger partial charge < -0.3 is 19.9 Å². The number of hydrogen-bond donors (Lipinski definition) is 2. The maximum atomic E-state index is 14.1. The van der Waals surface area contributed by atoms with E-state index in [9.17, 15) is 41.3 Å². The molecule has 0 spiro atoms. The number of nitro groups is 1. The summed E-state index contributed by atoms with van der Waals surface area (Å²) in [6.07, 6.45) is 1.36. The van der Waals surface area contributed by atoms with Crippen molar-refractivity contribution in [3.05, 3.63) is 137 Å². The van der Waals surface area contributed by atoms with E-state index < -0.39 is 49.1 Å². The van der Waals surface area contributed by atoms with Gasteiger partial charge in [-0.2, -0.15) is 18.3 Å². The third-order valence-corrected chi connectivity index (χ3v) is 11.9. The highest BCUT2D eigenvalue weighted by Crippen LogP contribution is 2.33. The Morgan fingerprint density at radius 3 is 2.40 bits per heavy atom. The fourth-order valence-electron chi connectivity index (χ4n) is 6.49. The number of anilines is 2. The summed E-state index contributed by atoms with van der Waals surface area (Å²) in [5, 5.41) is 27.0. The number of pyridine rings is 1. The highest BCUT2D eigenvalue weighted by Gasteiger charge is 2.33. The molecule has 1 aliphatic rings. The van der Waals surface area contributed by atoms with Gasteiger partial charge in [-0.05, 0) is 67.6 Å². The summed E-state index contributed by atoms with van der Waals surface area (Å²) in [6, 6.07) is 20.2. The number of rotatable bonds is 15. The van der Waals surface area contributed by atoms with E-state index in [1.807, 2.05) is 42.0 Å². The van der Waals surface area contributed by atoms with Gasteiger partial charge >= 0.3 is 6.18 Å². The maximum absolute atomic E-state index is 14.1. The van der Waals surface area contributed by atoms with Crippen molar-refractivity contribution in [1.82, 2.24) is 34.6 Å². The van der Waals surface area contributed by atoms with Crippen molar-refractivity contribution in [2.24, 2.45) is 0 Å². The van der Waals surface area contributed by atoms with Gasteiger partial charge in [-0.25, -0.2) is 17.8 Å². The Labute approximate surface area is 362 Å². The highest BCUT2D eigenvalue weighted by atomic mass is 32.2. The maximum Gasteiger partial charge on any atom is 0.416 e. The number of alkyl halides is 3. The molecule has 22 heteroatoms. The zero-order valence-corrected chi connectivity index (χ0v) is 34.9. The van der Waals surface area contributed by atoms with Crippen molar-refractivity contribution in [1.29, 1.82) is 0 Å². The molecule has 3 aromatic heterocycles. The lowest BCUT2D eigenvalue weighted by molar-refractivity contribution is -0.384. The molecule has 0 radical (unpaired) electrons. The first-order valence-corrected chi connectivity index (χ1v) is 21.7. The largest absolute Gasteiger partial charge is 0.492 e. The number of aromatic nitrogens is 5. The van der Waals surface area contributed by atoms with E-state index in [1.165, 1.54) is 58.0 Å². The molecule has 2 N–H and O–H groups in total. The van der Waals surface area contributed by atoms with Crippen molar-refractivity contribution >= 4 is 50.8 Å². The summed E-state index contributed by atoms with van der Waals surface area (Å²) in [6.45, 7) is 3.22. The van der Waals surface area contributed by atoms with Crippen LogP contribution in [-0.4, -0.2) is 100 Å². The van der Waals surface area contributed by atoms with Crippen LogP contribution in [0.5, 0.6) is 5.75 Å². The second-order valence-corrected chi connectivity index (χ2v) is 16.6. The topological polar surface area (TPSA) is 208 Å². The first-order valence-electron chi connectivity index (χ1n) is 19.2. The number of carbonyl (C=O) groups excluding carboxylic acids is 2. The Morgan fingerprint density at radius 2 is 1.70 bits per heavy atom. The van der Waals surface area contributed by atoms with Crippen LogP contribution in [-0.2, 0) is 16.2 Å². The Hall–Kier alpha value is -7.07. The van der Waals surface area contributed by atoms with Gasteiger partial charge in [-0.3, -0.25) is 24.7 Å². The van der Waals surface area contributed by atoms with E-state index in [4.69, 9.17) is 4.74 Å². The summed E-state index contributed by atoms with van der Waals surface area (Å²) < 4.78 is 77.2. The average Bonchev–Trinajstić information content (AvgIpc) is 3.79. The van der Waals surface area contributed by atoms with E-state index in [0.29, 0.717) is 41.6 Å². The van der Waals surface area contributed by atoms with Gasteiger partial charge in [0.1, 0.15) is 11.4 Å². The van der Waals surface area contributed by atoms with Crippen LogP contribution in [0, 0.1) is 10.1 Å². The number of amides is 2. The third-order valence-electron chi connectivity index (χ3n) is 9.60. The quantitative estimate of drug-likeness (QED) is 0.0500. The minimum atomic E-state index is -4.76. The molecule has 3 aromatic carbocycles. The van der Waals surface area contributed by atoms with E-state index in [2.05, 4.69) is 25.6 Å². The minimum absolute atomic E-state index is 0.0238. The predicted octanol–water partition coefficient (Wildman–Crippen LogP) is 6.34. The van der Waals surface area contributed by atoms with Crippen LogP contribution in [0.2, 0.25) is 0 Å². The number of halogens is 3. The molecule has 1 saturated heterocycles. The Morgan fingerprint density at radius 1 is 0.921 bits per heavy atom. The summed E-state index contributed by atoms with van der Waals surface area (Å²) >= 11 is 1.54. The molecule has 6 aromatic rings. The van der Waals surface area contributed by atoms with Crippen molar-refractivity contribution in [3.8, 4) is 22.6 Å². The lowest BCUT2D eigenvalue weighted by Crippen LogP contribution is -2.49. The number of nitrogens with one attached hydrogen (secondary N) is 2. The van der Waals surface area contributed by atoms with Crippen molar-refractivity contribution in [2.45, 2.75) is 22.9 Å². The van der Waals surface area contributed by atoms with Gasteiger partial charge in [0.25, 0.3) is 27.5 Å². The molecule has 2 amide bonds. The Kier molecular flexibility index (Phi) is 13.2. The van der Waals surface area contributed by atoms with E-state index in [0.717, 1.165) is 29.2 Å². The number of benzene rings is 3. The summed E-state index contributed by atoms with van der Waals surface area (Å²) in [5.74, 6) is -0.370. The van der Waals surface area contributed by atoms with Gasteiger partial charge in [0, 0.05) is 78.5 Å². The van der Waals surface area contributed by atoms with E-state index in [1.54, 1.807) is 23.4 Å². The number of sulfonamides is 1. The second kappa shape index (κ2) is 18.9. The first kappa shape index (κ1) is 44.0. The molecule has 63 heavy (non-hydrogen) atoms. The molecule has 0 atom stereocenters. The molecule has 7 rings (SSSR count). The second-order valence-electron chi connectivity index (χ2n) is 13.8. The smallest absolute Gasteiger partial charge is 0.416 e. The highest BCUT2D eigenvalue weighted by molar-refractivity contribution is 7.99. The molecular formula is C41H37F3N10O7S2. The summed E-state index contributed by atoms with van der Waals surface area (Å²) in [7, 11) is -4.58. The SMILES string of the molecule is CCOc1cncc(-c2cnn(-c3cc(C(=O)N4CCN(c5ccc(C(=O)NS(=O)(=O)c6ccc(NCCSc7ccccc7)c([N+](=O)[O-])c6)nn5)CC4)cc(C(F)(F)F)c3)c2)c1. The molecule has 0 aliphatic carbocycles. The monoisotopic (exact) mass is 902 g/mol. The number of thioether (sulfide) groups is 1. The van der Waals surface area contributed by atoms with Crippen molar-refractivity contribution < 1.29 is 40.8 Å². The Bertz CT molecular complexity index is 2730. The summed E-state index contributed by atoms with van der Waals surface area (Å²) in [5.41, 5.74) is -0.739. The van der Waals surface area contributed by atoms with Gasteiger partial charge in [-0.1, -0.05) is 18.2 Å². The van der Waals surface area contributed by atoms with Crippen LogP contribution in [0.25, 0.3) is 16.8 Å². The van der Waals surface area contributed by atoms with E-state index in [-0.39, 0.29) is 48.8 Å². The lowest BCUT2D eigenvalue weighted by atomic mass is 10.1. The normalized spacial score (nSPS) is 13.1. The zero-order chi connectivity index (χ0) is 44.7. The average molecular weight is 903 g/mol. The van der Waals surface area contributed by atoms with Crippen LogP contribution in [0.4, 0.5) is 30.4 Å². The van der Waals surface area contributed by atoms with Gasteiger partial charge in [0.05, 0.1) is 40.1 Å². The predicted molar refractivity (Wildman–Crippen MR) is 227 cm³/mol. The van der Waals surface area contributed by atoms with Gasteiger partial charge in [0.15, 0.2) is 11.5 Å². The zero-order valence-electron chi connectivity index (χ0n) is 33.2. The number of piperazine rings is 1. The molecule has 1 aliphatic heterocycles. The fourth-order valence-corrected chi connectivity index (χ4v) is 8.26. The fraction of sp³-hybridized carbons (Fsp3) is 0.220. The van der Waals surface area contributed by atoms with Gasteiger partial charge in [-0.15, -0.1) is 22.0 Å². The summed E-state index contributed by atoms with van der Waals surface area (Å²) in [4.78, 5) is 45.5. The molecule has 326 valence electrons. The number of ether oxygens (including phenoxy) is 1. The molecule has 0 bridgehead atoms. The van der Waals surface area contributed by atoms with Crippen molar-refractivity contribution in [2.75, 3.05) is 55.3 Å². The van der Waals surface area contributed by atoms with Crippen LogP contribution in [0.15, 0.2) is 120 Å². The standard InChI is InChI=1S/C41H37F3N10O7S2/c1-2-61-32-20-28(23-45-25-32)29-24-47-53(26-29)31-19-27(18-30(21-31)41(42,43)44)40(56)52-15-13-51(14-16-52)38-11-10-36(48-49-38)39(55)50-63(59,60)34-8-9-35(37(22-34)54(57)58)46-12-17-62-33-6-4-3-5-7-33/h3-11,18-26,46H,2,12-17H2,1H3,(H,50,55). The van der Waals surface area contributed by atoms with Crippen LogP contribution in [0.1, 0.15) is 33.3 Å². The number of hydrogen-bond acceptors (Lipinski definition) is 14. The number of nitro benzene ring substituents is 1. The number of nitrogens with zero attached hydrogens (tertiary/aromatic N) is 8. The number of carbonyl (C=O) groups is 2. The first-order chi connectivity index (χ1) is 30.2. The molecule has 4 heterocycles. The minimum Gasteiger partial charge on any atom is -0.492 e. The Balaban J connectivity index is 0.966. The van der Waals surface area contributed by atoms with Crippen LogP contribution in [0.3, 0.4) is 0 Å². The van der Waals surface area contributed by atoms with Crippen molar-refractivity contribution in [3.63, 3.8) is 0 Å². The molecule has 1 fully saturated rings. The molecular weight excluding hydrogens is 866 g/mol. The molecule has 0 saturated carbocycles. The van der Waals surface area contributed by atoms with E-state index >= 15 is 0 Å². The van der Waals surface area contributed by atoms with Crippen LogP contribution >= 0.6 is 11.8 Å².